The van der Waals surface area contributed by atoms with Gasteiger partial charge in [-0.05, 0) is 43.4 Å². The second-order valence-electron chi connectivity index (χ2n) is 4.90. The molecule has 0 saturated carbocycles. The minimum Gasteiger partial charge on any atom is -0.381 e. The van der Waals surface area contributed by atoms with Gasteiger partial charge in [0, 0.05) is 17.6 Å². The third-order valence-corrected chi connectivity index (χ3v) is 3.89. The third kappa shape index (κ3) is 4.62. The Morgan fingerprint density at radius 1 is 1.47 bits per heavy atom. The molecule has 3 nitrogen and oxygen atoms in total. The Balaban J connectivity index is 1.92. The van der Waals surface area contributed by atoms with Gasteiger partial charge >= 0.3 is 0 Å². The van der Waals surface area contributed by atoms with E-state index in [1.54, 1.807) is 0 Å². The van der Waals surface area contributed by atoms with E-state index in [0.717, 1.165) is 43.3 Å². The number of hydrogen-bond donors (Lipinski definition) is 1. The number of amides is 1. The van der Waals surface area contributed by atoms with E-state index in [2.05, 4.69) is 33.4 Å². The number of aryl methyl sites for hydroxylation is 1. The maximum Gasteiger partial charge on any atom is 0.229 e. The van der Waals surface area contributed by atoms with Crippen molar-refractivity contribution in [2.75, 3.05) is 23.9 Å². The van der Waals surface area contributed by atoms with Crippen molar-refractivity contribution in [2.24, 2.45) is 5.92 Å². The lowest BCUT2D eigenvalue weighted by molar-refractivity contribution is -0.123. The van der Waals surface area contributed by atoms with Gasteiger partial charge in [0.2, 0.25) is 5.91 Å². The first-order valence-corrected chi connectivity index (χ1v) is 7.95. The molecule has 1 heterocycles. The van der Waals surface area contributed by atoms with Gasteiger partial charge in [0.05, 0.1) is 12.5 Å². The summed E-state index contributed by atoms with van der Waals surface area (Å²) in [4.78, 5) is 12.1. The van der Waals surface area contributed by atoms with Gasteiger partial charge in [-0.1, -0.05) is 28.1 Å². The fraction of sp³-hybridized carbons (Fsp3) is 0.533. The zero-order valence-electron chi connectivity index (χ0n) is 11.0. The minimum absolute atomic E-state index is 0.0000482. The molecule has 1 aliphatic rings. The van der Waals surface area contributed by atoms with Crippen molar-refractivity contribution in [3.63, 3.8) is 0 Å². The Kier molecular flexibility index (Phi) is 5.86. The summed E-state index contributed by atoms with van der Waals surface area (Å²) in [7, 11) is 0. The Labute approximate surface area is 122 Å². The number of ether oxygens (including phenoxy) is 1. The van der Waals surface area contributed by atoms with Crippen molar-refractivity contribution >= 4 is 27.5 Å². The predicted octanol–water partition coefficient (Wildman–Crippen LogP) is 3.38. The summed E-state index contributed by atoms with van der Waals surface area (Å²) in [5, 5.41) is 4.00. The van der Waals surface area contributed by atoms with Gasteiger partial charge < -0.3 is 10.1 Å². The number of benzene rings is 1. The molecule has 1 fully saturated rings. The highest BCUT2D eigenvalue weighted by Gasteiger charge is 2.21. The molecule has 19 heavy (non-hydrogen) atoms. The van der Waals surface area contributed by atoms with E-state index in [-0.39, 0.29) is 11.8 Å². The first kappa shape index (κ1) is 14.5. The standard InChI is InChI=1S/C15H20BrNO2/c16-8-2-5-12-4-1-7-14(10-12)17-15(18)13-6-3-9-19-11-13/h1,4,7,10,13H,2-3,5-6,8-9,11H2,(H,17,18). The first-order chi connectivity index (χ1) is 9.29. The molecule has 0 radical (unpaired) electrons. The molecule has 1 N–H and O–H groups in total. The number of anilines is 1. The van der Waals surface area contributed by atoms with E-state index >= 15 is 0 Å². The molecule has 0 bridgehead atoms. The third-order valence-electron chi connectivity index (χ3n) is 3.32. The second-order valence-corrected chi connectivity index (χ2v) is 5.69. The van der Waals surface area contributed by atoms with Crippen LogP contribution >= 0.6 is 15.9 Å². The Morgan fingerprint density at radius 2 is 2.37 bits per heavy atom. The van der Waals surface area contributed by atoms with Crippen molar-refractivity contribution in [3.8, 4) is 0 Å². The van der Waals surface area contributed by atoms with Gasteiger partial charge in [-0.25, -0.2) is 0 Å². The molecular weight excluding hydrogens is 306 g/mol. The number of halogens is 1. The molecule has 0 aromatic heterocycles. The van der Waals surface area contributed by atoms with Crippen LogP contribution in [0.3, 0.4) is 0 Å². The van der Waals surface area contributed by atoms with Crippen molar-refractivity contribution in [1.82, 2.24) is 0 Å². The summed E-state index contributed by atoms with van der Waals surface area (Å²) in [6.07, 6.45) is 4.04. The number of carbonyl (C=O) groups is 1. The van der Waals surface area contributed by atoms with E-state index in [1.807, 2.05) is 12.1 Å². The van der Waals surface area contributed by atoms with Crippen LogP contribution in [-0.2, 0) is 16.0 Å². The van der Waals surface area contributed by atoms with Crippen LogP contribution in [0.4, 0.5) is 5.69 Å². The van der Waals surface area contributed by atoms with E-state index in [4.69, 9.17) is 4.74 Å². The smallest absolute Gasteiger partial charge is 0.229 e. The second kappa shape index (κ2) is 7.65. The fourth-order valence-electron chi connectivity index (χ4n) is 2.27. The van der Waals surface area contributed by atoms with Crippen molar-refractivity contribution in [1.29, 1.82) is 0 Å². The lowest BCUT2D eigenvalue weighted by Gasteiger charge is -2.21. The minimum atomic E-state index is -0.0000482. The number of rotatable bonds is 5. The van der Waals surface area contributed by atoms with E-state index in [1.165, 1.54) is 5.56 Å². The number of hydrogen-bond acceptors (Lipinski definition) is 2. The van der Waals surface area contributed by atoms with Gasteiger partial charge in [-0.3, -0.25) is 4.79 Å². The molecule has 1 aliphatic heterocycles. The molecule has 0 spiro atoms. The highest BCUT2D eigenvalue weighted by Crippen LogP contribution is 2.18. The fourth-order valence-corrected chi connectivity index (χ4v) is 2.55. The lowest BCUT2D eigenvalue weighted by atomic mass is 10.0. The summed E-state index contributed by atoms with van der Waals surface area (Å²) >= 11 is 3.43. The van der Waals surface area contributed by atoms with Gasteiger partial charge in [0.15, 0.2) is 0 Å². The molecule has 104 valence electrons. The van der Waals surface area contributed by atoms with E-state index in [9.17, 15) is 4.79 Å². The van der Waals surface area contributed by atoms with Gasteiger partial charge in [-0.2, -0.15) is 0 Å². The Bertz CT molecular complexity index is 416. The van der Waals surface area contributed by atoms with Crippen LogP contribution in [0.1, 0.15) is 24.8 Å². The zero-order valence-corrected chi connectivity index (χ0v) is 12.6. The number of alkyl halides is 1. The average Bonchev–Trinajstić information content (AvgIpc) is 2.46. The van der Waals surface area contributed by atoms with Crippen LogP contribution in [-0.4, -0.2) is 24.5 Å². The summed E-state index contributed by atoms with van der Waals surface area (Å²) < 4.78 is 5.35. The van der Waals surface area contributed by atoms with Crippen molar-refractivity contribution < 1.29 is 9.53 Å². The molecular formula is C15H20BrNO2. The molecule has 1 aromatic rings. The van der Waals surface area contributed by atoms with E-state index < -0.39 is 0 Å². The highest BCUT2D eigenvalue weighted by molar-refractivity contribution is 9.09. The molecule has 2 rings (SSSR count). The number of carbonyl (C=O) groups excluding carboxylic acids is 1. The predicted molar refractivity (Wildman–Crippen MR) is 80.7 cm³/mol. The van der Waals surface area contributed by atoms with E-state index in [0.29, 0.717) is 6.61 Å². The first-order valence-electron chi connectivity index (χ1n) is 6.83. The van der Waals surface area contributed by atoms with Crippen LogP contribution in [0, 0.1) is 5.92 Å². The van der Waals surface area contributed by atoms with Crippen LogP contribution < -0.4 is 5.32 Å². The normalized spacial score (nSPS) is 19.1. The highest BCUT2D eigenvalue weighted by atomic mass is 79.9. The average molecular weight is 326 g/mol. The van der Waals surface area contributed by atoms with Crippen molar-refractivity contribution in [2.45, 2.75) is 25.7 Å². The van der Waals surface area contributed by atoms with Gasteiger partial charge in [-0.15, -0.1) is 0 Å². The quantitative estimate of drug-likeness (QED) is 0.843. The maximum atomic E-state index is 12.1. The van der Waals surface area contributed by atoms with Crippen molar-refractivity contribution in [3.05, 3.63) is 29.8 Å². The molecule has 1 saturated heterocycles. The van der Waals surface area contributed by atoms with Crippen LogP contribution in [0.5, 0.6) is 0 Å². The Hall–Kier alpha value is -0.870. The lowest BCUT2D eigenvalue weighted by Crippen LogP contribution is -2.30. The van der Waals surface area contributed by atoms with Crippen LogP contribution in [0.15, 0.2) is 24.3 Å². The van der Waals surface area contributed by atoms with Crippen LogP contribution in [0.25, 0.3) is 0 Å². The van der Waals surface area contributed by atoms with Gasteiger partial charge in [0.25, 0.3) is 0 Å². The molecule has 0 aliphatic carbocycles. The summed E-state index contributed by atoms with van der Waals surface area (Å²) in [5.41, 5.74) is 2.15. The maximum absolute atomic E-state index is 12.1. The summed E-state index contributed by atoms with van der Waals surface area (Å²) in [6.45, 7) is 1.33. The summed E-state index contributed by atoms with van der Waals surface area (Å²) in [5.74, 6) is 0.0808. The SMILES string of the molecule is O=C(Nc1cccc(CCCBr)c1)C1CCCOC1. The van der Waals surface area contributed by atoms with Crippen LogP contribution in [0.2, 0.25) is 0 Å². The molecule has 1 unspecified atom stereocenters. The zero-order chi connectivity index (χ0) is 13.5. The molecule has 1 amide bonds. The molecule has 4 heteroatoms. The monoisotopic (exact) mass is 325 g/mol. The summed E-state index contributed by atoms with van der Waals surface area (Å²) in [6, 6.07) is 8.10. The Morgan fingerprint density at radius 3 is 3.11 bits per heavy atom. The molecule has 1 aromatic carbocycles. The topological polar surface area (TPSA) is 38.3 Å². The van der Waals surface area contributed by atoms with Gasteiger partial charge in [0.1, 0.15) is 0 Å². The molecule has 1 atom stereocenters. The largest absolute Gasteiger partial charge is 0.381 e. The number of nitrogens with one attached hydrogen (secondary N) is 1.